The highest BCUT2D eigenvalue weighted by molar-refractivity contribution is 9.11. The van der Waals surface area contributed by atoms with Crippen LogP contribution in [0, 0.1) is 0 Å². The molecule has 2 rings (SSSR count). The number of hydrogen-bond donors (Lipinski definition) is 1. The Morgan fingerprint density at radius 3 is 2.43 bits per heavy atom. The average molecular weight is 423 g/mol. The monoisotopic (exact) mass is 421 g/mol. The predicted octanol–water partition coefficient (Wildman–Crippen LogP) is 5.47. The molecule has 0 aliphatic carbocycles. The third-order valence-corrected chi connectivity index (χ3v) is 4.28. The molecule has 2 N–H and O–H groups in total. The van der Waals surface area contributed by atoms with Crippen LogP contribution in [0.1, 0.15) is 22.7 Å². The van der Waals surface area contributed by atoms with Crippen LogP contribution in [0.25, 0.3) is 0 Å². The molecular formula is C15H12Br2F3N. The molecule has 6 heteroatoms. The highest BCUT2D eigenvalue weighted by atomic mass is 79.9. The standard InChI is InChI=1S/C15H12Br2F3N/c16-11-4-5-13(17)12(8-11)14(21)7-9-2-1-3-10(6-9)15(18,19)20/h1-6,8,14H,7,21H2. The van der Waals surface area contributed by atoms with Gasteiger partial charge < -0.3 is 5.73 Å². The Kier molecular flexibility index (Phi) is 5.11. The molecule has 0 radical (unpaired) electrons. The maximum Gasteiger partial charge on any atom is 0.416 e. The lowest BCUT2D eigenvalue weighted by molar-refractivity contribution is -0.137. The van der Waals surface area contributed by atoms with Crippen LogP contribution in [0.4, 0.5) is 13.2 Å². The Morgan fingerprint density at radius 1 is 1.05 bits per heavy atom. The van der Waals surface area contributed by atoms with Gasteiger partial charge in [0.05, 0.1) is 5.56 Å². The molecular weight excluding hydrogens is 411 g/mol. The second kappa shape index (κ2) is 6.50. The smallest absolute Gasteiger partial charge is 0.324 e. The first kappa shape index (κ1) is 16.5. The van der Waals surface area contributed by atoms with Gasteiger partial charge in [-0.3, -0.25) is 0 Å². The van der Waals surface area contributed by atoms with Crippen molar-refractivity contribution in [3.05, 3.63) is 68.1 Å². The fourth-order valence-electron chi connectivity index (χ4n) is 2.04. The van der Waals surface area contributed by atoms with Gasteiger partial charge in [-0.25, -0.2) is 0 Å². The van der Waals surface area contributed by atoms with Crippen LogP contribution in [0.5, 0.6) is 0 Å². The summed E-state index contributed by atoms with van der Waals surface area (Å²) in [6.45, 7) is 0. The van der Waals surface area contributed by atoms with Crippen LogP contribution in [-0.4, -0.2) is 0 Å². The Hall–Kier alpha value is -0.850. The zero-order chi connectivity index (χ0) is 15.6. The summed E-state index contributed by atoms with van der Waals surface area (Å²) in [4.78, 5) is 0. The van der Waals surface area contributed by atoms with Crippen molar-refractivity contribution in [2.75, 3.05) is 0 Å². The van der Waals surface area contributed by atoms with Gasteiger partial charge in [-0.1, -0.05) is 50.1 Å². The van der Waals surface area contributed by atoms with Gasteiger partial charge in [-0.15, -0.1) is 0 Å². The molecule has 0 saturated carbocycles. The van der Waals surface area contributed by atoms with E-state index in [1.807, 2.05) is 18.2 Å². The number of alkyl halides is 3. The molecule has 0 aromatic heterocycles. The molecule has 2 aromatic carbocycles. The van der Waals surface area contributed by atoms with Gasteiger partial charge in [0.25, 0.3) is 0 Å². The van der Waals surface area contributed by atoms with Crippen molar-refractivity contribution in [2.45, 2.75) is 18.6 Å². The Morgan fingerprint density at radius 2 is 1.76 bits per heavy atom. The Labute approximate surface area is 137 Å². The van der Waals surface area contributed by atoms with E-state index in [1.54, 1.807) is 6.07 Å². The molecule has 21 heavy (non-hydrogen) atoms. The van der Waals surface area contributed by atoms with Crippen molar-refractivity contribution in [1.82, 2.24) is 0 Å². The van der Waals surface area contributed by atoms with Gasteiger partial charge in [0.15, 0.2) is 0 Å². The van der Waals surface area contributed by atoms with Gasteiger partial charge in [0, 0.05) is 15.0 Å². The van der Waals surface area contributed by atoms with Crippen LogP contribution >= 0.6 is 31.9 Å². The summed E-state index contributed by atoms with van der Waals surface area (Å²) in [6, 6.07) is 10.5. The van der Waals surface area contributed by atoms with Gasteiger partial charge in [0.1, 0.15) is 0 Å². The van der Waals surface area contributed by atoms with E-state index in [0.717, 1.165) is 26.6 Å². The largest absolute Gasteiger partial charge is 0.416 e. The molecule has 0 amide bonds. The highest BCUT2D eigenvalue weighted by Crippen LogP contribution is 2.31. The molecule has 0 aliphatic rings. The lowest BCUT2D eigenvalue weighted by Crippen LogP contribution is -2.14. The van der Waals surface area contributed by atoms with Gasteiger partial charge in [0.2, 0.25) is 0 Å². The maximum absolute atomic E-state index is 12.7. The Bertz CT molecular complexity index is 641. The number of hydrogen-bond acceptors (Lipinski definition) is 1. The summed E-state index contributed by atoms with van der Waals surface area (Å²) in [5.41, 5.74) is 6.88. The topological polar surface area (TPSA) is 26.0 Å². The normalized spacial score (nSPS) is 13.2. The molecule has 0 spiro atoms. The van der Waals surface area contributed by atoms with Crippen molar-refractivity contribution in [1.29, 1.82) is 0 Å². The third kappa shape index (κ3) is 4.31. The van der Waals surface area contributed by atoms with Crippen LogP contribution in [0.2, 0.25) is 0 Å². The number of rotatable bonds is 3. The molecule has 0 bridgehead atoms. The van der Waals surface area contributed by atoms with E-state index in [1.165, 1.54) is 6.07 Å². The van der Waals surface area contributed by atoms with Crippen molar-refractivity contribution in [2.24, 2.45) is 5.73 Å². The first-order chi connectivity index (χ1) is 9.77. The second-order valence-electron chi connectivity index (χ2n) is 4.67. The molecule has 1 nitrogen and oxygen atoms in total. The summed E-state index contributed by atoms with van der Waals surface area (Å²) in [6.07, 6.45) is -4.00. The van der Waals surface area contributed by atoms with E-state index in [9.17, 15) is 13.2 Å². The lowest BCUT2D eigenvalue weighted by atomic mass is 9.98. The van der Waals surface area contributed by atoms with Crippen LogP contribution in [0.3, 0.4) is 0 Å². The van der Waals surface area contributed by atoms with Crippen molar-refractivity contribution in [3.8, 4) is 0 Å². The summed E-state index contributed by atoms with van der Waals surface area (Å²) in [5.74, 6) is 0. The minimum absolute atomic E-state index is 0.332. The van der Waals surface area contributed by atoms with Gasteiger partial charge >= 0.3 is 6.18 Å². The van der Waals surface area contributed by atoms with Crippen molar-refractivity contribution in [3.63, 3.8) is 0 Å². The summed E-state index contributed by atoms with van der Waals surface area (Å²) in [5, 5.41) is 0. The van der Waals surface area contributed by atoms with Crippen LogP contribution in [0.15, 0.2) is 51.4 Å². The van der Waals surface area contributed by atoms with E-state index < -0.39 is 11.7 Å². The SMILES string of the molecule is NC(Cc1cccc(C(F)(F)F)c1)c1cc(Br)ccc1Br. The first-order valence-electron chi connectivity index (χ1n) is 6.14. The number of halogens is 5. The predicted molar refractivity (Wildman–Crippen MR) is 83.9 cm³/mol. The summed E-state index contributed by atoms with van der Waals surface area (Å²) >= 11 is 6.77. The summed E-state index contributed by atoms with van der Waals surface area (Å²) in [7, 11) is 0. The molecule has 0 heterocycles. The first-order valence-corrected chi connectivity index (χ1v) is 7.72. The minimum Gasteiger partial charge on any atom is -0.324 e. The van der Waals surface area contributed by atoms with Crippen molar-refractivity contribution < 1.29 is 13.2 Å². The number of nitrogens with two attached hydrogens (primary N) is 1. The zero-order valence-electron chi connectivity index (χ0n) is 10.8. The fraction of sp³-hybridized carbons (Fsp3) is 0.200. The van der Waals surface area contributed by atoms with E-state index in [2.05, 4.69) is 31.9 Å². The average Bonchev–Trinajstić information content (AvgIpc) is 2.41. The van der Waals surface area contributed by atoms with Crippen LogP contribution in [-0.2, 0) is 12.6 Å². The molecule has 0 saturated heterocycles. The minimum atomic E-state index is -4.34. The van der Waals surface area contributed by atoms with Gasteiger partial charge in [-0.2, -0.15) is 13.2 Å². The van der Waals surface area contributed by atoms with Crippen LogP contribution < -0.4 is 5.73 Å². The fourth-order valence-corrected chi connectivity index (χ4v) is 2.96. The molecule has 112 valence electrons. The molecule has 0 aliphatic heterocycles. The van der Waals surface area contributed by atoms with E-state index in [-0.39, 0.29) is 6.04 Å². The highest BCUT2D eigenvalue weighted by Gasteiger charge is 2.30. The molecule has 1 atom stereocenters. The van der Waals surface area contributed by atoms with E-state index >= 15 is 0 Å². The molecule has 2 aromatic rings. The Balaban J connectivity index is 2.23. The lowest BCUT2D eigenvalue weighted by Gasteiger charge is -2.15. The van der Waals surface area contributed by atoms with E-state index in [4.69, 9.17) is 5.73 Å². The summed E-state index contributed by atoms with van der Waals surface area (Å²) < 4.78 is 39.8. The zero-order valence-corrected chi connectivity index (χ0v) is 14.0. The van der Waals surface area contributed by atoms with Gasteiger partial charge in [-0.05, 0) is 41.8 Å². The number of benzene rings is 2. The molecule has 1 unspecified atom stereocenters. The maximum atomic E-state index is 12.7. The van der Waals surface area contributed by atoms with E-state index in [0.29, 0.717) is 12.0 Å². The third-order valence-electron chi connectivity index (χ3n) is 3.07. The quantitative estimate of drug-likeness (QED) is 0.696. The molecule has 0 fully saturated rings. The van der Waals surface area contributed by atoms with Crippen molar-refractivity contribution >= 4 is 31.9 Å². The second-order valence-corrected chi connectivity index (χ2v) is 6.44.